The summed E-state index contributed by atoms with van der Waals surface area (Å²) in [6, 6.07) is 7.79. The highest BCUT2D eigenvalue weighted by Crippen LogP contribution is 2.31. The van der Waals surface area contributed by atoms with E-state index in [1.165, 1.54) is 0 Å². The van der Waals surface area contributed by atoms with Crippen molar-refractivity contribution in [1.29, 1.82) is 0 Å². The molecular formula is C12H14ClN3S. The lowest BCUT2D eigenvalue weighted by Gasteiger charge is -2.30. The van der Waals surface area contributed by atoms with Gasteiger partial charge in [-0.1, -0.05) is 23.7 Å². The standard InChI is InChI=1S/C12H14ClN3S/c1-14-11-7-8-16(12(15-11)17-2)10-6-4-3-5-9(10)13/h3-8,12H,1-2H3,(H,14,15). The molecule has 5 heteroatoms. The van der Waals surface area contributed by atoms with Gasteiger partial charge in [-0.15, -0.1) is 11.8 Å². The van der Waals surface area contributed by atoms with Crippen molar-refractivity contribution in [2.75, 3.05) is 18.2 Å². The minimum Gasteiger partial charge on any atom is -0.373 e. The maximum absolute atomic E-state index is 6.20. The molecule has 1 unspecified atom stereocenters. The monoisotopic (exact) mass is 267 g/mol. The number of nitrogens with one attached hydrogen (secondary N) is 1. The Morgan fingerprint density at radius 1 is 1.41 bits per heavy atom. The Labute approximate surface area is 111 Å². The molecule has 0 fully saturated rings. The van der Waals surface area contributed by atoms with Gasteiger partial charge < -0.3 is 10.2 Å². The van der Waals surface area contributed by atoms with Crippen LogP contribution in [0.3, 0.4) is 0 Å². The Balaban J connectivity index is 2.32. The zero-order chi connectivity index (χ0) is 12.3. The number of hydrogen-bond acceptors (Lipinski definition) is 4. The number of hydrogen-bond donors (Lipinski definition) is 1. The van der Waals surface area contributed by atoms with Crippen LogP contribution in [0.25, 0.3) is 0 Å². The number of para-hydroxylation sites is 1. The molecule has 17 heavy (non-hydrogen) atoms. The molecule has 1 aliphatic heterocycles. The molecule has 0 bridgehead atoms. The highest BCUT2D eigenvalue weighted by molar-refractivity contribution is 7.99. The lowest BCUT2D eigenvalue weighted by Crippen LogP contribution is -2.33. The number of thioether (sulfide) groups is 1. The first-order valence-electron chi connectivity index (χ1n) is 5.25. The summed E-state index contributed by atoms with van der Waals surface area (Å²) >= 11 is 7.87. The Morgan fingerprint density at radius 2 is 2.18 bits per heavy atom. The van der Waals surface area contributed by atoms with Gasteiger partial charge in [0.2, 0.25) is 0 Å². The predicted molar refractivity (Wildman–Crippen MR) is 76.9 cm³/mol. The molecule has 1 atom stereocenters. The molecule has 90 valence electrons. The number of rotatable bonds is 2. The van der Waals surface area contributed by atoms with Crippen LogP contribution in [0.1, 0.15) is 0 Å². The van der Waals surface area contributed by atoms with Gasteiger partial charge in [0.05, 0.1) is 10.7 Å². The fraction of sp³-hybridized carbons (Fsp3) is 0.250. The number of benzene rings is 1. The summed E-state index contributed by atoms with van der Waals surface area (Å²) in [7, 11) is 1.87. The van der Waals surface area contributed by atoms with E-state index >= 15 is 0 Å². The van der Waals surface area contributed by atoms with Crippen LogP contribution in [-0.4, -0.2) is 24.6 Å². The lowest BCUT2D eigenvalue weighted by molar-refractivity contribution is 0.887. The van der Waals surface area contributed by atoms with Crippen molar-refractivity contribution in [3.63, 3.8) is 0 Å². The van der Waals surface area contributed by atoms with Gasteiger partial charge in [-0.2, -0.15) is 0 Å². The van der Waals surface area contributed by atoms with E-state index in [2.05, 4.69) is 15.2 Å². The number of nitrogens with zero attached hydrogens (tertiary/aromatic N) is 2. The van der Waals surface area contributed by atoms with E-state index in [4.69, 9.17) is 11.6 Å². The molecule has 0 aromatic heterocycles. The van der Waals surface area contributed by atoms with E-state index in [1.807, 2.05) is 49.8 Å². The third-order valence-electron chi connectivity index (χ3n) is 2.48. The molecule has 0 saturated heterocycles. The Hall–Kier alpha value is -1.13. The average molecular weight is 268 g/mol. The molecule has 1 N–H and O–H groups in total. The second kappa shape index (κ2) is 5.47. The van der Waals surface area contributed by atoms with Crippen LogP contribution in [0.2, 0.25) is 5.02 Å². The van der Waals surface area contributed by atoms with Gasteiger partial charge in [0.25, 0.3) is 0 Å². The van der Waals surface area contributed by atoms with Gasteiger partial charge in [0, 0.05) is 13.2 Å². The number of likely N-dealkylation sites (N-methyl/N-ethyl adjacent to an activating group) is 1. The first kappa shape index (κ1) is 12.3. The van der Waals surface area contributed by atoms with E-state index in [9.17, 15) is 0 Å². The summed E-state index contributed by atoms with van der Waals surface area (Å²) in [6.07, 6.45) is 5.97. The first-order chi connectivity index (χ1) is 8.26. The molecular weight excluding hydrogens is 254 g/mol. The second-order valence-corrected chi connectivity index (χ2v) is 4.80. The van der Waals surface area contributed by atoms with Gasteiger partial charge in [0.1, 0.15) is 5.84 Å². The molecule has 0 amide bonds. The summed E-state index contributed by atoms with van der Waals surface area (Å²) in [5.41, 5.74) is 0.992. The van der Waals surface area contributed by atoms with Crippen molar-refractivity contribution in [3.05, 3.63) is 41.6 Å². The topological polar surface area (TPSA) is 27.6 Å². The molecule has 0 spiro atoms. The van der Waals surface area contributed by atoms with Crippen molar-refractivity contribution in [1.82, 2.24) is 5.32 Å². The zero-order valence-electron chi connectivity index (χ0n) is 9.72. The highest BCUT2D eigenvalue weighted by Gasteiger charge is 2.20. The van der Waals surface area contributed by atoms with Gasteiger partial charge in [-0.05, 0) is 24.5 Å². The molecule has 1 aromatic carbocycles. The van der Waals surface area contributed by atoms with Gasteiger partial charge in [0.15, 0.2) is 5.50 Å². The average Bonchev–Trinajstić information content (AvgIpc) is 2.38. The van der Waals surface area contributed by atoms with Crippen LogP contribution in [-0.2, 0) is 0 Å². The summed E-state index contributed by atoms with van der Waals surface area (Å²) in [5, 5.41) is 3.78. The number of amidine groups is 1. The Kier molecular flexibility index (Phi) is 3.97. The zero-order valence-corrected chi connectivity index (χ0v) is 11.3. The third-order valence-corrected chi connectivity index (χ3v) is 3.55. The summed E-state index contributed by atoms with van der Waals surface area (Å²) < 4.78 is 0. The van der Waals surface area contributed by atoms with E-state index in [-0.39, 0.29) is 5.50 Å². The van der Waals surface area contributed by atoms with Crippen LogP contribution in [0.5, 0.6) is 0 Å². The predicted octanol–water partition coefficient (Wildman–Crippen LogP) is 2.94. The minimum atomic E-state index is 0.0161. The van der Waals surface area contributed by atoms with Gasteiger partial charge >= 0.3 is 0 Å². The molecule has 1 aromatic rings. The van der Waals surface area contributed by atoms with E-state index < -0.39 is 0 Å². The van der Waals surface area contributed by atoms with Crippen LogP contribution >= 0.6 is 23.4 Å². The van der Waals surface area contributed by atoms with Crippen LogP contribution < -0.4 is 10.2 Å². The molecule has 0 aliphatic carbocycles. The van der Waals surface area contributed by atoms with Crippen LogP contribution in [0.15, 0.2) is 41.5 Å². The fourth-order valence-electron chi connectivity index (χ4n) is 1.62. The molecule has 1 heterocycles. The van der Waals surface area contributed by atoms with Gasteiger partial charge in [-0.3, -0.25) is 0 Å². The number of aliphatic imine (C=N–C) groups is 1. The smallest absolute Gasteiger partial charge is 0.174 e. The van der Waals surface area contributed by atoms with Crippen LogP contribution in [0.4, 0.5) is 5.69 Å². The lowest BCUT2D eigenvalue weighted by atomic mass is 10.3. The number of halogens is 1. The molecule has 0 radical (unpaired) electrons. The summed E-state index contributed by atoms with van der Waals surface area (Å²) in [6.45, 7) is 0. The Bertz CT molecular complexity index is 459. The van der Waals surface area contributed by atoms with E-state index in [0.29, 0.717) is 0 Å². The number of anilines is 1. The second-order valence-electron chi connectivity index (χ2n) is 3.50. The maximum atomic E-state index is 6.20. The van der Waals surface area contributed by atoms with Gasteiger partial charge in [-0.25, -0.2) is 4.99 Å². The van der Waals surface area contributed by atoms with Crippen LogP contribution in [0, 0.1) is 0 Å². The van der Waals surface area contributed by atoms with Crippen molar-refractivity contribution < 1.29 is 0 Å². The normalized spacial score (nSPS) is 19.1. The summed E-state index contributed by atoms with van der Waals surface area (Å²) in [5.74, 6) is 0.882. The van der Waals surface area contributed by atoms with E-state index in [0.717, 1.165) is 16.5 Å². The quantitative estimate of drug-likeness (QED) is 0.893. The SMILES string of the molecule is CNC1=NC(SC)N(c2ccccc2Cl)C=C1. The molecule has 1 aliphatic rings. The van der Waals surface area contributed by atoms with Crippen molar-refractivity contribution in [2.24, 2.45) is 4.99 Å². The highest BCUT2D eigenvalue weighted by atomic mass is 35.5. The molecule has 2 rings (SSSR count). The summed E-state index contributed by atoms with van der Waals surface area (Å²) in [4.78, 5) is 6.63. The van der Waals surface area contributed by atoms with E-state index in [1.54, 1.807) is 11.8 Å². The Morgan fingerprint density at radius 3 is 2.82 bits per heavy atom. The van der Waals surface area contributed by atoms with Crippen molar-refractivity contribution in [3.8, 4) is 0 Å². The first-order valence-corrected chi connectivity index (χ1v) is 6.92. The van der Waals surface area contributed by atoms with Crippen molar-refractivity contribution >= 4 is 34.9 Å². The minimum absolute atomic E-state index is 0.0161. The largest absolute Gasteiger partial charge is 0.373 e. The fourth-order valence-corrected chi connectivity index (χ4v) is 2.49. The van der Waals surface area contributed by atoms with Crippen molar-refractivity contribution in [2.45, 2.75) is 5.50 Å². The molecule has 3 nitrogen and oxygen atoms in total. The molecule has 0 saturated carbocycles. The third kappa shape index (κ3) is 2.58. The maximum Gasteiger partial charge on any atom is 0.174 e.